The van der Waals surface area contributed by atoms with Crippen LogP contribution in [0.15, 0.2) is 0 Å². The summed E-state index contributed by atoms with van der Waals surface area (Å²) in [4.78, 5) is 10.2. The lowest BCUT2D eigenvalue weighted by molar-refractivity contribution is -0.0567. The molecule has 158 valence electrons. The molecule has 28 heavy (non-hydrogen) atoms. The molecule has 0 aromatic rings. The molecule has 2 rings (SSSR count). The molecule has 0 bridgehead atoms. The molecule has 8 nitrogen and oxygen atoms in total. The first-order valence-corrected chi connectivity index (χ1v) is 11.3. The van der Waals surface area contributed by atoms with E-state index in [1.807, 2.05) is 27.7 Å². The summed E-state index contributed by atoms with van der Waals surface area (Å²) in [7, 11) is 7.27. The summed E-state index contributed by atoms with van der Waals surface area (Å²) in [5.74, 6) is -1.00. The molecule has 1 heterocycles. The van der Waals surface area contributed by atoms with E-state index in [0.29, 0.717) is 6.42 Å². The van der Waals surface area contributed by atoms with Crippen molar-refractivity contribution >= 4 is 23.5 Å². The maximum atomic E-state index is 12.5. The molecule has 1 saturated carbocycles. The Morgan fingerprint density at radius 1 is 1.11 bits per heavy atom. The Balaban J connectivity index is 1.92. The Morgan fingerprint density at radius 3 is 2.39 bits per heavy atom. The summed E-state index contributed by atoms with van der Waals surface area (Å²) in [6, 6.07) is -0.607. The van der Waals surface area contributed by atoms with Gasteiger partial charge in [-0.15, -0.1) is 0 Å². The molecule has 1 saturated heterocycles. The average Bonchev–Trinajstić information content (AvgIpc) is 3.02. The van der Waals surface area contributed by atoms with Crippen molar-refractivity contribution in [2.45, 2.75) is 89.0 Å². The van der Waals surface area contributed by atoms with Gasteiger partial charge in [-0.05, 0) is 46.4 Å². The highest BCUT2D eigenvalue weighted by atomic mass is 31.2. The smallest absolute Gasteiger partial charge is 0.393 e. The van der Waals surface area contributed by atoms with Gasteiger partial charge in [-0.3, -0.25) is 9.05 Å². The maximum Gasteiger partial charge on any atom is 0.472 e. The molecule has 4 radical (unpaired) electrons. The predicted octanol–water partition coefficient (Wildman–Crippen LogP) is 1.33. The molecule has 2 aliphatic rings. The van der Waals surface area contributed by atoms with Crippen LogP contribution in [0.2, 0.25) is 5.82 Å². The molecule has 11 heteroatoms. The minimum absolute atomic E-state index is 0.0239. The number of rotatable bonds is 10. The minimum atomic E-state index is -4.41. The van der Waals surface area contributed by atoms with Gasteiger partial charge in [-0.1, -0.05) is 0 Å². The summed E-state index contributed by atoms with van der Waals surface area (Å²) in [5, 5.41) is 10.3. The molecular formula is C17H31B2O8P. The summed E-state index contributed by atoms with van der Waals surface area (Å²) in [5.41, 5.74) is 0. The molecule has 8 atom stereocenters. The lowest BCUT2D eigenvalue weighted by Crippen LogP contribution is -2.32. The van der Waals surface area contributed by atoms with E-state index in [2.05, 4.69) is 0 Å². The van der Waals surface area contributed by atoms with Crippen LogP contribution in [0.5, 0.6) is 0 Å². The fraction of sp³-hybridized carbons (Fsp3) is 1.00. The van der Waals surface area contributed by atoms with E-state index >= 15 is 0 Å². The van der Waals surface area contributed by atoms with Crippen LogP contribution in [-0.2, 0) is 27.8 Å². The topological polar surface area (TPSA) is 104 Å². The van der Waals surface area contributed by atoms with Gasteiger partial charge >= 0.3 is 7.82 Å². The van der Waals surface area contributed by atoms with Crippen molar-refractivity contribution in [3.63, 3.8) is 0 Å². The molecule has 1 aliphatic heterocycles. The quantitative estimate of drug-likeness (QED) is 0.406. The highest BCUT2D eigenvalue weighted by Gasteiger charge is 2.44. The monoisotopic (exact) mass is 416 g/mol. The van der Waals surface area contributed by atoms with Crippen LogP contribution in [0.25, 0.3) is 0 Å². The number of hydrogen-bond acceptors (Lipinski definition) is 7. The molecular weight excluding hydrogens is 385 g/mol. The zero-order chi connectivity index (χ0) is 21.1. The van der Waals surface area contributed by atoms with Gasteiger partial charge in [0.1, 0.15) is 14.0 Å². The number of hydrogen-bond donors (Lipinski definition) is 2. The van der Waals surface area contributed by atoms with E-state index in [4.69, 9.17) is 39.0 Å². The van der Waals surface area contributed by atoms with Crippen LogP contribution in [0.4, 0.5) is 0 Å². The van der Waals surface area contributed by atoms with Gasteiger partial charge in [0.25, 0.3) is 0 Å². The number of aliphatic hydroxyl groups excluding tert-OH is 1. The maximum absolute atomic E-state index is 12.5. The van der Waals surface area contributed by atoms with Gasteiger partial charge in [0.15, 0.2) is 0 Å². The lowest BCUT2D eigenvalue weighted by Gasteiger charge is -2.26. The van der Waals surface area contributed by atoms with Gasteiger partial charge in [-0.25, -0.2) is 4.57 Å². The first kappa shape index (κ1) is 24.4. The van der Waals surface area contributed by atoms with Crippen molar-refractivity contribution in [2.24, 2.45) is 5.92 Å². The third-order valence-corrected chi connectivity index (χ3v) is 5.84. The van der Waals surface area contributed by atoms with Crippen molar-refractivity contribution in [1.82, 2.24) is 0 Å². The zero-order valence-corrected chi connectivity index (χ0v) is 17.9. The van der Waals surface area contributed by atoms with Crippen molar-refractivity contribution in [1.29, 1.82) is 0 Å². The molecule has 0 aromatic carbocycles. The van der Waals surface area contributed by atoms with Gasteiger partial charge in [0, 0.05) is 11.9 Å². The summed E-state index contributed by atoms with van der Waals surface area (Å²) >= 11 is 0. The zero-order valence-electron chi connectivity index (χ0n) is 17.0. The van der Waals surface area contributed by atoms with E-state index < -0.39 is 43.9 Å². The van der Waals surface area contributed by atoms with E-state index in [1.54, 1.807) is 0 Å². The summed E-state index contributed by atoms with van der Waals surface area (Å²) in [6.45, 7) is 7.47. The van der Waals surface area contributed by atoms with Gasteiger partial charge in [0.05, 0.1) is 51.6 Å². The van der Waals surface area contributed by atoms with E-state index in [1.165, 1.54) is 0 Å². The van der Waals surface area contributed by atoms with Gasteiger partial charge < -0.3 is 24.2 Å². The molecule has 4 unspecified atom stereocenters. The van der Waals surface area contributed by atoms with Crippen molar-refractivity contribution in [3.8, 4) is 0 Å². The number of phosphoric acid groups is 1. The first-order valence-electron chi connectivity index (χ1n) is 9.76. The van der Waals surface area contributed by atoms with Crippen LogP contribution in [0.3, 0.4) is 0 Å². The van der Waals surface area contributed by atoms with Crippen LogP contribution >= 0.6 is 7.82 Å². The van der Waals surface area contributed by atoms with Crippen LogP contribution in [0, 0.1) is 5.92 Å². The first-order chi connectivity index (χ1) is 13.0. The van der Waals surface area contributed by atoms with E-state index in [9.17, 15) is 14.6 Å². The normalized spacial score (nSPS) is 38.4. The molecule has 1 aliphatic carbocycles. The highest BCUT2D eigenvalue weighted by molar-refractivity contribution is 7.47. The van der Waals surface area contributed by atoms with E-state index in [0.717, 1.165) is 0 Å². The fourth-order valence-electron chi connectivity index (χ4n) is 3.51. The molecule has 0 amide bonds. The Hall–Kier alpha value is 0.0799. The Kier molecular flexibility index (Phi) is 9.05. The largest absolute Gasteiger partial charge is 0.472 e. The SMILES string of the molecule is [B][C@H]1CC(OP(=O)(O)OC[C@@H]2C(OC(C)C)C[C@H]([B])C2O)[C@@H](COC(C)C)O1. The molecule has 0 spiro atoms. The third-order valence-electron chi connectivity index (χ3n) is 4.83. The summed E-state index contributed by atoms with van der Waals surface area (Å²) < 4.78 is 39.7. The molecule has 2 fully saturated rings. The highest BCUT2D eigenvalue weighted by Crippen LogP contribution is 2.49. The second-order valence-electron chi connectivity index (χ2n) is 8.02. The van der Waals surface area contributed by atoms with E-state index in [-0.39, 0.29) is 37.9 Å². The van der Waals surface area contributed by atoms with Crippen molar-refractivity contribution < 1.29 is 37.8 Å². The number of phosphoric ester groups is 1. The second kappa shape index (κ2) is 10.4. The van der Waals surface area contributed by atoms with Crippen molar-refractivity contribution in [2.75, 3.05) is 13.2 Å². The van der Waals surface area contributed by atoms with Crippen molar-refractivity contribution in [3.05, 3.63) is 0 Å². The second-order valence-corrected chi connectivity index (χ2v) is 9.42. The fourth-order valence-corrected chi connectivity index (χ4v) is 4.49. The number of aliphatic hydroxyl groups is 1. The standard InChI is InChI=1S/C17H31B2O8P/c1-9(2)23-8-15-14(6-16(19)26-15)27-28(21,22)24-7-11-13(25-10(3)4)5-12(18)17(11)20/h9-17,20H,5-8H2,1-4H3,(H,21,22)/t11-,12+,13?,14?,15-,16-,17?/m1/s1. The van der Waals surface area contributed by atoms with Crippen LogP contribution < -0.4 is 0 Å². The lowest BCUT2D eigenvalue weighted by atomic mass is 9.83. The molecule has 0 aromatic heterocycles. The van der Waals surface area contributed by atoms with Crippen LogP contribution in [-0.4, -0.2) is 81.5 Å². The predicted molar refractivity (Wildman–Crippen MR) is 104 cm³/mol. The van der Waals surface area contributed by atoms with Gasteiger partial charge in [0.2, 0.25) is 0 Å². The molecule has 2 N–H and O–H groups in total. The Morgan fingerprint density at radius 2 is 1.79 bits per heavy atom. The Bertz CT molecular complexity index is 535. The summed E-state index contributed by atoms with van der Waals surface area (Å²) in [6.07, 6.45) is -1.95. The Labute approximate surface area is 170 Å². The number of ether oxygens (including phenoxy) is 3. The van der Waals surface area contributed by atoms with Gasteiger partial charge in [-0.2, -0.15) is 0 Å². The van der Waals surface area contributed by atoms with Crippen LogP contribution in [0.1, 0.15) is 40.5 Å². The third kappa shape index (κ3) is 7.10. The minimum Gasteiger partial charge on any atom is -0.393 e. The average molecular weight is 416 g/mol.